The van der Waals surface area contributed by atoms with Crippen LogP contribution in [-0.4, -0.2) is 25.7 Å². The predicted molar refractivity (Wildman–Crippen MR) is 117 cm³/mol. The Morgan fingerprint density at radius 1 is 1.03 bits per heavy atom. The van der Waals surface area contributed by atoms with Gasteiger partial charge in [-0.25, -0.2) is 8.42 Å². The molecule has 0 bridgehead atoms. The monoisotopic (exact) mass is 439 g/mol. The first-order valence-electron chi connectivity index (χ1n) is 8.87. The zero-order chi connectivity index (χ0) is 21.0. The first-order chi connectivity index (χ1) is 14.5. The molecule has 2 heterocycles. The van der Waals surface area contributed by atoms with Crippen molar-refractivity contribution in [3.05, 3.63) is 77.5 Å². The van der Waals surface area contributed by atoms with Gasteiger partial charge in [0.1, 0.15) is 9.96 Å². The smallest absolute Gasteiger partial charge is 0.271 e. The topological polar surface area (TPSA) is 94.3 Å². The van der Waals surface area contributed by atoms with E-state index >= 15 is 0 Å². The van der Waals surface area contributed by atoms with Crippen LogP contribution in [0, 0.1) is 0 Å². The molecule has 30 heavy (non-hydrogen) atoms. The number of nitrogens with zero attached hydrogens (tertiary/aromatic N) is 2. The Balaban J connectivity index is 1.48. The van der Waals surface area contributed by atoms with E-state index in [1.54, 1.807) is 55.0 Å². The molecule has 2 aromatic carbocycles. The minimum atomic E-state index is -3.58. The van der Waals surface area contributed by atoms with Gasteiger partial charge < -0.3 is 9.26 Å². The molecular formula is C21H17N3O4S2. The van der Waals surface area contributed by atoms with Crippen LogP contribution in [0.1, 0.15) is 11.5 Å². The van der Waals surface area contributed by atoms with Gasteiger partial charge in [-0.2, -0.15) is 4.98 Å². The second kappa shape index (κ2) is 8.52. The Morgan fingerprint density at radius 3 is 2.57 bits per heavy atom. The normalized spacial score (nSPS) is 11.6. The number of nitrogens with one attached hydrogen (secondary N) is 1. The molecule has 0 atom stereocenters. The van der Waals surface area contributed by atoms with Crippen molar-refractivity contribution >= 4 is 39.2 Å². The molecule has 0 radical (unpaired) electrons. The summed E-state index contributed by atoms with van der Waals surface area (Å²) in [6, 6.07) is 17.6. The number of thiophene rings is 1. The van der Waals surface area contributed by atoms with Crippen molar-refractivity contribution in [3.8, 4) is 17.1 Å². The van der Waals surface area contributed by atoms with Crippen LogP contribution < -0.4 is 9.46 Å². The second-order valence-corrected chi connectivity index (χ2v) is 9.00. The predicted octanol–water partition coefficient (Wildman–Crippen LogP) is 4.78. The maximum absolute atomic E-state index is 12.3. The van der Waals surface area contributed by atoms with Crippen LogP contribution in [0.4, 0.5) is 5.69 Å². The van der Waals surface area contributed by atoms with Gasteiger partial charge in [-0.3, -0.25) is 4.72 Å². The lowest BCUT2D eigenvalue weighted by Gasteiger charge is -2.06. The van der Waals surface area contributed by atoms with Crippen LogP contribution in [0.15, 0.2) is 74.8 Å². The van der Waals surface area contributed by atoms with Crippen LogP contribution in [0.25, 0.3) is 23.5 Å². The minimum absolute atomic E-state index is 0.260. The maximum atomic E-state index is 12.3. The van der Waals surface area contributed by atoms with Crippen molar-refractivity contribution in [1.82, 2.24) is 10.1 Å². The lowest BCUT2D eigenvalue weighted by Crippen LogP contribution is -2.11. The summed E-state index contributed by atoms with van der Waals surface area (Å²) >= 11 is 1.16. The molecule has 1 N–H and O–H groups in total. The van der Waals surface area contributed by atoms with E-state index in [9.17, 15) is 8.42 Å². The van der Waals surface area contributed by atoms with Crippen LogP contribution in [0.2, 0.25) is 0 Å². The number of ether oxygens (including phenoxy) is 1. The number of methoxy groups -OCH3 is 1. The van der Waals surface area contributed by atoms with Gasteiger partial charge in [0.25, 0.3) is 15.9 Å². The molecule has 152 valence electrons. The number of benzene rings is 2. The van der Waals surface area contributed by atoms with Gasteiger partial charge >= 0.3 is 0 Å². The molecule has 4 rings (SSSR count). The molecule has 9 heteroatoms. The van der Waals surface area contributed by atoms with Gasteiger partial charge in [0.15, 0.2) is 0 Å². The summed E-state index contributed by atoms with van der Waals surface area (Å²) in [4.78, 5) is 4.35. The Morgan fingerprint density at radius 2 is 1.83 bits per heavy atom. The molecule has 0 unspecified atom stereocenters. The zero-order valence-electron chi connectivity index (χ0n) is 15.8. The Hall–Kier alpha value is -3.43. The molecule has 0 saturated carbocycles. The van der Waals surface area contributed by atoms with Crippen molar-refractivity contribution in [2.75, 3.05) is 11.8 Å². The average molecular weight is 440 g/mol. The summed E-state index contributed by atoms with van der Waals surface area (Å²) < 4.78 is 38.0. The first kappa shape index (κ1) is 19.9. The van der Waals surface area contributed by atoms with Gasteiger partial charge in [0.05, 0.1) is 7.11 Å². The Bertz CT molecular complexity index is 1260. The van der Waals surface area contributed by atoms with Gasteiger partial charge in [-0.05, 0) is 47.9 Å². The van der Waals surface area contributed by atoms with Gasteiger partial charge in [-0.15, -0.1) is 11.3 Å². The highest BCUT2D eigenvalue weighted by Gasteiger charge is 2.15. The Labute approximate surface area is 177 Å². The molecule has 0 aliphatic rings. The van der Waals surface area contributed by atoms with Gasteiger partial charge in [0.2, 0.25) is 5.82 Å². The van der Waals surface area contributed by atoms with E-state index in [1.165, 1.54) is 0 Å². The van der Waals surface area contributed by atoms with Crippen LogP contribution in [-0.2, 0) is 10.0 Å². The van der Waals surface area contributed by atoms with Crippen molar-refractivity contribution < 1.29 is 17.7 Å². The summed E-state index contributed by atoms with van der Waals surface area (Å²) in [6.07, 6.45) is 3.54. The fourth-order valence-electron chi connectivity index (χ4n) is 2.69. The zero-order valence-corrected chi connectivity index (χ0v) is 17.5. The standard InChI is InChI=1S/C21H17N3O4S2/c1-27-18-6-3-2-5-15(18)10-13-19-22-21(23-28-19)16-8-11-17(12-9-16)24-30(25,26)20-7-4-14-29-20/h2-14,24H,1H3/b13-10+. The Kier molecular flexibility index (Phi) is 5.64. The molecule has 0 fully saturated rings. The number of sulfonamides is 1. The lowest BCUT2D eigenvalue weighted by atomic mass is 10.2. The van der Waals surface area contributed by atoms with Crippen LogP contribution in [0.3, 0.4) is 0 Å². The number of para-hydroxylation sites is 1. The van der Waals surface area contributed by atoms with Crippen molar-refractivity contribution in [3.63, 3.8) is 0 Å². The molecule has 0 saturated heterocycles. The third kappa shape index (κ3) is 4.42. The lowest BCUT2D eigenvalue weighted by molar-refractivity contribution is 0.411. The maximum Gasteiger partial charge on any atom is 0.271 e. The first-order valence-corrected chi connectivity index (χ1v) is 11.2. The number of rotatable bonds is 7. The third-order valence-corrected chi connectivity index (χ3v) is 6.92. The second-order valence-electron chi connectivity index (χ2n) is 6.15. The van der Waals surface area contributed by atoms with Crippen LogP contribution in [0.5, 0.6) is 5.75 Å². The summed E-state index contributed by atoms with van der Waals surface area (Å²) in [6.45, 7) is 0. The fourth-order valence-corrected chi connectivity index (χ4v) is 4.75. The van der Waals surface area contributed by atoms with E-state index in [4.69, 9.17) is 9.26 Å². The highest BCUT2D eigenvalue weighted by molar-refractivity contribution is 7.94. The summed E-state index contributed by atoms with van der Waals surface area (Å²) in [5.74, 6) is 1.50. The summed E-state index contributed by atoms with van der Waals surface area (Å²) in [5.41, 5.74) is 2.05. The van der Waals surface area contributed by atoms with E-state index in [0.717, 1.165) is 22.6 Å². The van der Waals surface area contributed by atoms with Crippen molar-refractivity contribution in [1.29, 1.82) is 0 Å². The molecule has 0 aliphatic carbocycles. The molecular weight excluding hydrogens is 422 g/mol. The van der Waals surface area contributed by atoms with E-state index in [-0.39, 0.29) is 4.21 Å². The summed E-state index contributed by atoms with van der Waals surface area (Å²) in [5, 5.41) is 5.70. The van der Waals surface area contributed by atoms with Crippen molar-refractivity contribution in [2.24, 2.45) is 0 Å². The number of anilines is 1. The van der Waals surface area contributed by atoms with E-state index in [2.05, 4.69) is 14.9 Å². The largest absolute Gasteiger partial charge is 0.496 e. The summed E-state index contributed by atoms with van der Waals surface area (Å²) in [7, 11) is -1.97. The minimum Gasteiger partial charge on any atom is -0.496 e. The molecule has 4 aromatic rings. The highest BCUT2D eigenvalue weighted by atomic mass is 32.2. The molecule has 0 spiro atoms. The average Bonchev–Trinajstić information content (AvgIpc) is 3.45. The highest BCUT2D eigenvalue weighted by Crippen LogP contribution is 2.24. The van der Waals surface area contributed by atoms with Gasteiger partial charge in [0, 0.05) is 22.9 Å². The number of hydrogen-bond donors (Lipinski definition) is 1. The SMILES string of the molecule is COc1ccccc1/C=C/c1nc(-c2ccc(NS(=O)(=O)c3cccs3)cc2)no1. The van der Waals surface area contributed by atoms with E-state index in [0.29, 0.717) is 23.0 Å². The van der Waals surface area contributed by atoms with Crippen LogP contribution >= 0.6 is 11.3 Å². The fraction of sp³-hybridized carbons (Fsp3) is 0.0476. The molecule has 0 amide bonds. The molecule has 2 aromatic heterocycles. The van der Waals surface area contributed by atoms with Gasteiger partial charge in [-0.1, -0.05) is 29.4 Å². The quantitative estimate of drug-likeness (QED) is 0.445. The number of hydrogen-bond acceptors (Lipinski definition) is 7. The number of aromatic nitrogens is 2. The molecule has 0 aliphatic heterocycles. The third-order valence-electron chi connectivity index (χ3n) is 4.14. The van der Waals surface area contributed by atoms with E-state index in [1.807, 2.05) is 30.3 Å². The van der Waals surface area contributed by atoms with Crippen molar-refractivity contribution in [2.45, 2.75) is 4.21 Å². The van der Waals surface area contributed by atoms with E-state index < -0.39 is 10.0 Å². The molecule has 7 nitrogen and oxygen atoms in total.